The van der Waals surface area contributed by atoms with Crippen molar-refractivity contribution < 1.29 is 0 Å². The van der Waals surface area contributed by atoms with Gasteiger partial charge in [0.25, 0.3) is 0 Å². The van der Waals surface area contributed by atoms with Gasteiger partial charge in [0, 0.05) is 5.92 Å². The molecular weight excluding hydrogens is 168 g/mol. The highest BCUT2D eigenvalue weighted by Crippen LogP contribution is 2.35. The number of fused-ring (bicyclic) bond motifs is 2. The molecule has 0 bridgehead atoms. The Kier molecular flexibility index (Phi) is 1.80. The topological polar surface area (TPSA) is 0 Å². The minimum Gasteiger partial charge on any atom is -0.0801 e. The van der Waals surface area contributed by atoms with Crippen molar-refractivity contribution in [2.75, 3.05) is 0 Å². The standard InChI is InChI=1S/C14H13/c1-2-6-12-10-14-8-4-3-7-13(14)9-11(12)5-1/h1-3,5,9-10,14H,4,6,8H2. The Morgan fingerprint density at radius 2 is 2.36 bits per heavy atom. The average molecular weight is 181 g/mol. The van der Waals surface area contributed by atoms with Crippen LogP contribution in [0.25, 0.3) is 0 Å². The molecule has 0 amide bonds. The molecule has 0 aliphatic heterocycles. The number of hydrogen-bond acceptors (Lipinski definition) is 0. The largest absolute Gasteiger partial charge is 0.0801 e. The highest BCUT2D eigenvalue weighted by Gasteiger charge is 2.20. The van der Waals surface area contributed by atoms with Crippen molar-refractivity contribution in [1.29, 1.82) is 0 Å². The van der Waals surface area contributed by atoms with Gasteiger partial charge in [-0.05, 0) is 42.1 Å². The van der Waals surface area contributed by atoms with E-state index in [-0.39, 0.29) is 0 Å². The number of hydrogen-bond donors (Lipinski definition) is 0. The zero-order valence-electron chi connectivity index (χ0n) is 8.16. The van der Waals surface area contributed by atoms with Crippen LogP contribution in [0.3, 0.4) is 0 Å². The van der Waals surface area contributed by atoms with Crippen LogP contribution in [-0.2, 0) is 0 Å². The predicted molar refractivity (Wildman–Crippen MR) is 58.5 cm³/mol. The van der Waals surface area contributed by atoms with Gasteiger partial charge in [-0.15, -0.1) is 0 Å². The quantitative estimate of drug-likeness (QED) is 0.536. The van der Waals surface area contributed by atoms with E-state index in [0.29, 0.717) is 5.92 Å². The number of rotatable bonds is 0. The Labute approximate surface area is 85.0 Å². The lowest BCUT2D eigenvalue weighted by molar-refractivity contribution is 0.660. The SMILES string of the molecule is [C]1=CCCC2C=C3CC=CC=C3C=C12. The maximum absolute atomic E-state index is 3.38. The second-order valence-electron chi connectivity index (χ2n) is 4.08. The fourth-order valence-corrected chi connectivity index (χ4v) is 2.34. The van der Waals surface area contributed by atoms with Crippen LogP contribution in [-0.4, -0.2) is 0 Å². The zero-order valence-corrected chi connectivity index (χ0v) is 8.16. The molecule has 1 atom stereocenters. The molecule has 0 N–H and O–H groups in total. The lowest BCUT2D eigenvalue weighted by Gasteiger charge is -2.25. The summed E-state index contributed by atoms with van der Waals surface area (Å²) in [5.41, 5.74) is 4.27. The van der Waals surface area contributed by atoms with Crippen LogP contribution < -0.4 is 0 Å². The van der Waals surface area contributed by atoms with E-state index in [4.69, 9.17) is 0 Å². The molecule has 1 unspecified atom stereocenters. The van der Waals surface area contributed by atoms with Crippen molar-refractivity contribution in [3.8, 4) is 0 Å². The highest BCUT2D eigenvalue weighted by atomic mass is 14.2. The van der Waals surface area contributed by atoms with Crippen LogP contribution in [0, 0.1) is 12.0 Å². The highest BCUT2D eigenvalue weighted by molar-refractivity contribution is 5.53. The summed E-state index contributed by atoms with van der Waals surface area (Å²) in [6.07, 6.45) is 20.4. The van der Waals surface area contributed by atoms with Gasteiger partial charge in [0.2, 0.25) is 0 Å². The molecule has 3 aliphatic carbocycles. The summed E-state index contributed by atoms with van der Waals surface area (Å²) in [6.45, 7) is 0. The van der Waals surface area contributed by atoms with E-state index >= 15 is 0 Å². The minimum atomic E-state index is 0.638. The van der Waals surface area contributed by atoms with E-state index in [0.717, 1.165) is 6.42 Å². The molecule has 0 nitrogen and oxygen atoms in total. The van der Waals surface area contributed by atoms with Crippen molar-refractivity contribution >= 4 is 0 Å². The molecular formula is C14H13. The van der Waals surface area contributed by atoms with Crippen molar-refractivity contribution in [2.24, 2.45) is 5.92 Å². The second kappa shape index (κ2) is 3.13. The first-order valence-corrected chi connectivity index (χ1v) is 5.31. The van der Waals surface area contributed by atoms with Gasteiger partial charge in [-0.1, -0.05) is 36.5 Å². The van der Waals surface area contributed by atoms with Crippen molar-refractivity contribution in [1.82, 2.24) is 0 Å². The van der Waals surface area contributed by atoms with Crippen LogP contribution in [0.1, 0.15) is 19.3 Å². The fraction of sp³-hybridized carbons (Fsp3) is 0.286. The van der Waals surface area contributed by atoms with Gasteiger partial charge in [-0.25, -0.2) is 0 Å². The molecule has 3 aliphatic rings. The summed E-state index contributed by atoms with van der Waals surface area (Å²) in [7, 11) is 0. The van der Waals surface area contributed by atoms with Crippen molar-refractivity contribution in [3.63, 3.8) is 0 Å². The summed E-state index contributed by atoms with van der Waals surface area (Å²) in [4.78, 5) is 0. The Balaban J connectivity index is 2.05. The summed E-state index contributed by atoms with van der Waals surface area (Å²) >= 11 is 0. The maximum atomic E-state index is 3.38. The van der Waals surface area contributed by atoms with Gasteiger partial charge in [0.05, 0.1) is 0 Å². The molecule has 0 fully saturated rings. The Morgan fingerprint density at radius 1 is 1.36 bits per heavy atom. The van der Waals surface area contributed by atoms with Crippen LogP contribution in [0.2, 0.25) is 0 Å². The van der Waals surface area contributed by atoms with Gasteiger partial charge >= 0.3 is 0 Å². The molecule has 0 saturated heterocycles. The van der Waals surface area contributed by atoms with Crippen LogP contribution >= 0.6 is 0 Å². The summed E-state index contributed by atoms with van der Waals surface area (Å²) in [5, 5.41) is 0. The first kappa shape index (κ1) is 8.05. The first-order chi connectivity index (χ1) is 6.93. The molecule has 0 spiro atoms. The lowest BCUT2D eigenvalue weighted by atomic mass is 9.79. The molecule has 69 valence electrons. The van der Waals surface area contributed by atoms with E-state index in [2.05, 4.69) is 42.5 Å². The maximum Gasteiger partial charge on any atom is 0.00333 e. The average Bonchev–Trinajstić information content (AvgIpc) is 2.26. The van der Waals surface area contributed by atoms with Crippen LogP contribution in [0.15, 0.2) is 53.2 Å². The van der Waals surface area contributed by atoms with E-state index in [1.807, 2.05) is 0 Å². The molecule has 0 aromatic carbocycles. The van der Waals surface area contributed by atoms with Crippen molar-refractivity contribution in [2.45, 2.75) is 19.3 Å². The predicted octanol–water partition coefficient (Wildman–Crippen LogP) is 3.51. The van der Waals surface area contributed by atoms with E-state index in [1.54, 1.807) is 0 Å². The van der Waals surface area contributed by atoms with E-state index in [9.17, 15) is 0 Å². The molecule has 0 saturated carbocycles. The third kappa shape index (κ3) is 1.22. The first-order valence-electron chi connectivity index (χ1n) is 5.31. The Hall–Kier alpha value is -1.30. The Morgan fingerprint density at radius 3 is 3.36 bits per heavy atom. The summed E-state index contributed by atoms with van der Waals surface area (Å²) in [6, 6.07) is 0. The van der Waals surface area contributed by atoms with Crippen LogP contribution in [0.4, 0.5) is 0 Å². The third-order valence-electron chi connectivity index (χ3n) is 3.12. The van der Waals surface area contributed by atoms with Gasteiger partial charge in [0.15, 0.2) is 0 Å². The summed E-state index contributed by atoms with van der Waals surface area (Å²) < 4.78 is 0. The second-order valence-corrected chi connectivity index (χ2v) is 4.08. The van der Waals surface area contributed by atoms with E-state index < -0.39 is 0 Å². The van der Waals surface area contributed by atoms with Crippen LogP contribution in [0.5, 0.6) is 0 Å². The van der Waals surface area contributed by atoms with Crippen molar-refractivity contribution in [3.05, 3.63) is 59.3 Å². The zero-order chi connectivity index (χ0) is 9.38. The minimum absolute atomic E-state index is 0.638. The van der Waals surface area contributed by atoms with Gasteiger partial charge in [0.1, 0.15) is 0 Å². The van der Waals surface area contributed by atoms with Gasteiger partial charge in [-0.2, -0.15) is 0 Å². The molecule has 3 rings (SSSR count). The number of allylic oxidation sites excluding steroid dienone is 10. The Bertz CT molecular complexity index is 400. The van der Waals surface area contributed by atoms with Gasteiger partial charge < -0.3 is 0 Å². The molecule has 0 heterocycles. The lowest BCUT2D eigenvalue weighted by Crippen LogP contribution is -2.10. The molecule has 0 aromatic rings. The van der Waals surface area contributed by atoms with E-state index in [1.165, 1.54) is 29.6 Å². The normalized spacial score (nSPS) is 28.6. The molecule has 0 aromatic heterocycles. The fourth-order valence-electron chi connectivity index (χ4n) is 2.34. The van der Waals surface area contributed by atoms with Gasteiger partial charge in [-0.3, -0.25) is 0 Å². The molecule has 0 heteroatoms. The smallest absolute Gasteiger partial charge is 0.00333 e. The monoisotopic (exact) mass is 181 g/mol. The third-order valence-corrected chi connectivity index (χ3v) is 3.12. The molecule has 1 radical (unpaired) electrons. The molecule has 14 heavy (non-hydrogen) atoms. The summed E-state index contributed by atoms with van der Waals surface area (Å²) in [5.74, 6) is 0.638.